The SMILES string of the molecule is CCCC[C@H](C(=O)N1CCC[C@H]1C(N)=O)N(CC(=O)OCCC)Cc1ccc2c(N)nccc2c1. The fraction of sp³-hybridized carbons (Fsp3) is 0.538. The van der Waals surface area contributed by atoms with Crippen molar-refractivity contribution in [2.75, 3.05) is 25.4 Å². The third-order valence-corrected chi connectivity index (χ3v) is 6.47. The molecule has 0 aliphatic carbocycles. The van der Waals surface area contributed by atoms with Gasteiger partial charge in [-0.25, -0.2) is 4.98 Å². The number of carbonyl (C=O) groups is 3. The topological polar surface area (TPSA) is 132 Å². The summed E-state index contributed by atoms with van der Waals surface area (Å²) in [6.07, 6.45) is 5.97. The van der Waals surface area contributed by atoms with Crippen LogP contribution in [0, 0.1) is 0 Å². The Morgan fingerprint density at radius 3 is 2.74 bits per heavy atom. The minimum atomic E-state index is -0.600. The van der Waals surface area contributed by atoms with Crippen molar-refractivity contribution in [1.29, 1.82) is 0 Å². The highest BCUT2D eigenvalue weighted by Crippen LogP contribution is 2.25. The van der Waals surface area contributed by atoms with Crippen molar-refractivity contribution in [3.63, 3.8) is 0 Å². The third kappa shape index (κ3) is 6.69. The average Bonchev–Trinajstić information content (AvgIpc) is 3.33. The normalized spacial score (nSPS) is 16.5. The van der Waals surface area contributed by atoms with Crippen LogP contribution < -0.4 is 11.5 Å². The van der Waals surface area contributed by atoms with E-state index in [1.807, 2.05) is 36.1 Å². The molecule has 0 unspecified atom stereocenters. The van der Waals surface area contributed by atoms with E-state index in [4.69, 9.17) is 16.2 Å². The highest BCUT2D eigenvalue weighted by Gasteiger charge is 2.38. The zero-order chi connectivity index (χ0) is 25.4. The molecule has 1 saturated heterocycles. The largest absolute Gasteiger partial charge is 0.465 e. The summed E-state index contributed by atoms with van der Waals surface area (Å²) in [6.45, 7) is 5.17. The molecule has 0 saturated carbocycles. The van der Waals surface area contributed by atoms with Crippen LogP contribution in [0.4, 0.5) is 5.82 Å². The van der Waals surface area contributed by atoms with E-state index < -0.39 is 18.0 Å². The maximum Gasteiger partial charge on any atom is 0.320 e. The van der Waals surface area contributed by atoms with Gasteiger partial charge in [0, 0.05) is 24.7 Å². The van der Waals surface area contributed by atoms with Crippen molar-refractivity contribution in [2.45, 2.75) is 71.0 Å². The first-order valence-corrected chi connectivity index (χ1v) is 12.5. The highest BCUT2D eigenvalue weighted by atomic mass is 16.5. The Morgan fingerprint density at radius 1 is 1.23 bits per heavy atom. The van der Waals surface area contributed by atoms with Crippen LogP contribution in [-0.2, 0) is 25.7 Å². The number of aromatic nitrogens is 1. The molecule has 0 bridgehead atoms. The molecule has 2 atom stereocenters. The number of benzene rings is 1. The number of hydrogen-bond acceptors (Lipinski definition) is 7. The summed E-state index contributed by atoms with van der Waals surface area (Å²) < 4.78 is 5.36. The smallest absolute Gasteiger partial charge is 0.320 e. The summed E-state index contributed by atoms with van der Waals surface area (Å²) in [5, 5.41) is 1.79. The van der Waals surface area contributed by atoms with E-state index in [1.54, 1.807) is 11.1 Å². The molecule has 4 N–H and O–H groups in total. The van der Waals surface area contributed by atoms with Gasteiger partial charge in [0.2, 0.25) is 11.8 Å². The van der Waals surface area contributed by atoms with Gasteiger partial charge in [-0.2, -0.15) is 0 Å². The van der Waals surface area contributed by atoms with E-state index >= 15 is 0 Å². The third-order valence-electron chi connectivity index (χ3n) is 6.47. The summed E-state index contributed by atoms with van der Waals surface area (Å²) in [5.41, 5.74) is 12.5. The average molecular weight is 484 g/mol. The fourth-order valence-corrected chi connectivity index (χ4v) is 4.66. The number of amides is 2. The van der Waals surface area contributed by atoms with Gasteiger partial charge in [-0.05, 0) is 48.8 Å². The Kier molecular flexibility index (Phi) is 9.42. The van der Waals surface area contributed by atoms with Gasteiger partial charge in [0.05, 0.1) is 19.2 Å². The van der Waals surface area contributed by atoms with Crippen LogP contribution in [0.2, 0.25) is 0 Å². The van der Waals surface area contributed by atoms with Crippen LogP contribution >= 0.6 is 0 Å². The first kappa shape index (κ1) is 26.4. The zero-order valence-corrected chi connectivity index (χ0v) is 20.7. The van der Waals surface area contributed by atoms with Crippen molar-refractivity contribution in [1.82, 2.24) is 14.8 Å². The van der Waals surface area contributed by atoms with Gasteiger partial charge in [0.15, 0.2) is 0 Å². The molecule has 1 aliphatic rings. The second-order valence-corrected chi connectivity index (χ2v) is 9.13. The number of nitrogens with zero attached hydrogens (tertiary/aromatic N) is 3. The molecular formula is C26H37N5O4. The summed E-state index contributed by atoms with van der Waals surface area (Å²) >= 11 is 0. The lowest BCUT2D eigenvalue weighted by Gasteiger charge is -2.34. The molecule has 1 aliphatic heterocycles. The highest BCUT2D eigenvalue weighted by molar-refractivity contribution is 5.91. The van der Waals surface area contributed by atoms with Crippen LogP contribution in [0.25, 0.3) is 10.8 Å². The number of hydrogen-bond donors (Lipinski definition) is 2. The number of esters is 1. The van der Waals surface area contributed by atoms with Crippen LogP contribution in [0.15, 0.2) is 30.5 Å². The van der Waals surface area contributed by atoms with Crippen LogP contribution in [0.3, 0.4) is 0 Å². The van der Waals surface area contributed by atoms with Gasteiger partial charge in [0.25, 0.3) is 0 Å². The Bertz CT molecular complexity index is 1040. The molecule has 1 aromatic carbocycles. The number of anilines is 1. The second-order valence-electron chi connectivity index (χ2n) is 9.13. The number of unbranched alkanes of at least 4 members (excludes halogenated alkanes) is 1. The van der Waals surface area contributed by atoms with Gasteiger partial charge < -0.3 is 21.1 Å². The molecule has 2 amide bonds. The van der Waals surface area contributed by atoms with Gasteiger partial charge in [-0.3, -0.25) is 19.3 Å². The van der Waals surface area contributed by atoms with Crippen molar-refractivity contribution < 1.29 is 19.1 Å². The summed E-state index contributed by atoms with van der Waals surface area (Å²) in [5.74, 6) is -0.558. The standard InChI is InChI=1S/C26H37N5O4/c1-3-5-7-22(26(34)31-13-6-8-21(31)25(28)33)30(17-23(32)35-14-4-2)16-18-9-10-20-19(15-18)11-12-29-24(20)27/h9-12,15,21-22H,3-8,13-14,16-17H2,1-2H3,(H2,27,29)(H2,28,33)/t21-,22+/m0/s1. The monoisotopic (exact) mass is 483 g/mol. The first-order valence-electron chi connectivity index (χ1n) is 12.5. The van der Waals surface area contributed by atoms with E-state index in [2.05, 4.69) is 11.9 Å². The Balaban J connectivity index is 1.92. The van der Waals surface area contributed by atoms with Gasteiger partial charge in [0.1, 0.15) is 11.9 Å². The number of pyridine rings is 1. The van der Waals surface area contributed by atoms with E-state index in [0.717, 1.165) is 42.0 Å². The zero-order valence-electron chi connectivity index (χ0n) is 20.7. The van der Waals surface area contributed by atoms with Gasteiger partial charge in [-0.1, -0.05) is 38.8 Å². The quantitative estimate of drug-likeness (QED) is 0.444. The lowest BCUT2D eigenvalue weighted by molar-refractivity contribution is -0.149. The molecule has 35 heavy (non-hydrogen) atoms. The molecule has 2 heterocycles. The fourth-order valence-electron chi connectivity index (χ4n) is 4.66. The van der Waals surface area contributed by atoms with Crippen molar-refractivity contribution in [2.24, 2.45) is 5.73 Å². The Morgan fingerprint density at radius 2 is 2.03 bits per heavy atom. The molecule has 0 radical (unpaired) electrons. The predicted molar refractivity (Wildman–Crippen MR) is 135 cm³/mol. The van der Waals surface area contributed by atoms with E-state index in [0.29, 0.717) is 38.4 Å². The molecule has 2 aromatic rings. The number of nitrogens with two attached hydrogens (primary N) is 2. The minimum Gasteiger partial charge on any atom is -0.465 e. The van der Waals surface area contributed by atoms with Crippen molar-refractivity contribution in [3.05, 3.63) is 36.0 Å². The van der Waals surface area contributed by atoms with Crippen molar-refractivity contribution in [3.8, 4) is 0 Å². The van der Waals surface area contributed by atoms with Crippen LogP contribution in [0.1, 0.15) is 57.9 Å². The molecule has 3 rings (SSSR count). The number of fused-ring (bicyclic) bond motifs is 1. The number of ether oxygens (including phenoxy) is 1. The molecule has 1 fully saturated rings. The number of nitrogen functional groups attached to an aromatic ring is 1. The minimum absolute atomic E-state index is 0.0221. The van der Waals surface area contributed by atoms with Crippen molar-refractivity contribution >= 4 is 34.4 Å². The molecule has 9 nitrogen and oxygen atoms in total. The maximum absolute atomic E-state index is 13.8. The first-order chi connectivity index (χ1) is 16.8. The molecule has 0 spiro atoms. The Labute approximate surface area is 206 Å². The Hall–Kier alpha value is -3.20. The molecule has 1 aromatic heterocycles. The number of carbonyl (C=O) groups excluding carboxylic acids is 3. The number of rotatable bonds is 12. The summed E-state index contributed by atoms with van der Waals surface area (Å²) in [4.78, 5) is 46.0. The maximum atomic E-state index is 13.8. The van der Waals surface area contributed by atoms with E-state index in [1.165, 1.54) is 0 Å². The second kappa shape index (κ2) is 12.5. The van der Waals surface area contributed by atoms with E-state index in [-0.39, 0.29) is 18.4 Å². The lowest BCUT2D eigenvalue weighted by atomic mass is 10.0. The number of likely N-dealkylation sites (tertiary alicyclic amines) is 1. The van der Waals surface area contributed by atoms with Crippen LogP contribution in [0.5, 0.6) is 0 Å². The van der Waals surface area contributed by atoms with Gasteiger partial charge in [-0.15, -0.1) is 0 Å². The predicted octanol–water partition coefficient (Wildman–Crippen LogP) is 2.61. The molecular weight excluding hydrogens is 446 g/mol. The summed E-state index contributed by atoms with van der Waals surface area (Å²) in [7, 11) is 0. The molecule has 9 heteroatoms. The van der Waals surface area contributed by atoms with Gasteiger partial charge >= 0.3 is 5.97 Å². The molecule has 190 valence electrons. The van der Waals surface area contributed by atoms with E-state index in [9.17, 15) is 14.4 Å². The number of primary amides is 1. The lowest BCUT2D eigenvalue weighted by Crippen LogP contribution is -2.53. The summed E-state index contributed by atoms with van der Waals surface area (Å²) in [6, 6.07) is 6.57. The van der Waals surface area contributed by atoms with Crippen LogP contribution in [-0.4, -0.2) is 64.3 Å².